The van der Waals surface area contributed by atoms with Gasteiger partial charge in [-0.3, -0.25) is 11.3 Å². The summed E-state index contributed by atoms with van der Waals surface area (Å²) in [6.45, 7) is 4.60. The number of hydrazine groups is 1. The first-order valence-corrected chi connectivity index (χ1v) is 7.77. The number of hydrogen-bond donors (Lipinski definition) is 2. The van der Waals surface area contributed by atoms with Gasteiger partial charge in [-0.15, -0.1) is 0 Å². The van der Waals surface area contributed by atoms with Gasteiger partial charge in [-0.2, -0.15) is 0 Å². The highest BCUT2D eigenvalue weighted by molar-refractivity contribution is 4.81. The smallest absolute Gasteiger partial charge is 0.0238 e. The van der Waals surface area contributed by atoms with Gasteiger partial charge >= 0.3 is 0 Å². The lowest BCUT2D eigenvalue weighted by Gasteiger charge is -2.34. The van der Waals surface area contributed by atoms with Gasteiger partial charge in [-0.05, 0) is 31.1 Å². The zero-order valence-corrected chi connectivity index (χ0v) is 11.9. The average molecular weight is 240 g/mol. The molecule has 102 valence electrons. The van der Waals surface area contributed by atoms with Crippen molar-refractivity contribution in [2.45, 2.75) is 84.1 Å². The average Bonchev–Trinajstić information content (AvgIpc) is 2.39. The lowest BCUT2D eigenvalue weighted by atomic mass is 9.76. The van der Waals surface area contributed by atoms with Crippen LogP contribution in [0, 0.1) is 11.8 Å². The van der Waals surface area contributed by atoms with Crippen molar-refractivity contribution in [2.24, 2.45) is 17.7 Å². The summed E-state index contributed by atoms with van der Waals surface area (Å²) in [7, 11) is 0. The molecule has 1 aliphatic rings. The molecular weight excluding hydrogens is 208 g/mol. The van der Waals surface area contributed by atoms with E-state index >= 15 is 0 Å². The van der Waals surface area contributed by atoms with Crippen LogP contribution in [0.5, 0.6) is 0 Å². The molecule has 0 spiro atoms. The monoisotopic (exact) mass is 240 g/mol. The Bertz CT molecular complexity index is 182. The highest BCUT2D eigenvalue weighted by atomic mass is 15.2. The zero-order valence-electron chi connectivity index (χ0n) is 11.9. The summed E-state index contributed by atoms with van der Waals surface area (Å²) in [6.07, 6.45) is 13.7. The maximum absolute atomic E-state index is 5.76. The van der Waals surface area contributed by atoms with Crippen molar-refractivity contribution in [3.05, 3.63) is 0 Å². The molecule has 0 aromatic rings. The summed E-state index contributed by atoms with van der Waals surface area (Å²) >= 11 is 0. The highest BCUT2D eigenvalue weighted by Gasteiger charge is 2.26. The van der Waals surface area contributed by atoms with Crippen LogP contribution in [0.25, 0.3) is 0 Å². The van der Waals surface area contributed by atoms with Crippen LogP contribution in [-0.4, -0.2) is 6.04 Å². The van der Waals surface area contributed by atoms with Gasteiger partial charge in [0.15, 0.2) is 0 Å². The molecule has 0 heterocycles. The van der Waals surface area contributed by atoms with E-state index in [1.54, 1.807) is 0 Å². The second-order valence-electron chi connectivity index (χ2n) is 5.82. The standard InChI is InChI=1S/C15H32N2/c1-3-5-6-7-11-15(17-16)14-10-8-9-13(4-2)12-14/h13-15,17H,3-12,16H2,1-2H3. The number of unbranched alkanes of at least 4 members (excludes halogenated alkanes) is 3. The quantitative estimate of drug-likeness (QED) is 0.382. The largest absolute Gasteiger partial charge is 0.271 e. The van der Waals surface area contributed by atoms with E-state index in [0.29, 0.717) is 6.04 Å². The predicted octanol–water partition coefficient (Wildman–Crippen LogP) is 4.01. The lowest BCUT2D eigenvalue weighted by molar-refractivity contribution is 0.200. The third-order valence-electron chi connectivity index (χ3n) is 4.55. The number of nitrogens with two attached hydrogens (primary N) is 1. The Hall–Kier alpha value is -0.0800. The van der Waals surface area contributed by atoms with E-state index < -0.39 is 0 Å². The van der Waals surface area contributed by atoms with Crippen molar-refractivity contribution in [3.63, 3.8) is 0 Å². The summed E-state index contributed by atoms with van der Waals surface area (Å²) in [5.41, 5.74) is 3.09. The first kappa shape index (κ1) is 15.0. The summed E-state index contributed by atoms with van der Waals surface area (Å²) in [4.78, 5) is 0. The maximum Gasteiger partial charge on any atom is 0.0238 e. The van der Waals surface area contributed by atoms with Crippen LogP contribution in [0.15, 0.2) is 0 Å². The molecular formula is C15H32N2. The Labute approximate surface area is 108 Å². The van der Waals surface area contributed by atoms with Gasteiger partial charge in [0.25, 0.3) is 0 Å². The van der Waals surface area contributed by atoms with E-state index in [9.17, 15) is 0 Å². The minimum absolute atomic E-state index is 0.571. The minimum atomic E-state index is 0.571. The summed E-state index contributed by atoms with van der Waals surface area (Å²) in [5.74, 6) is 7.55. The Balaban J connectivity index is 2.27. The molecule has 2 nitrogen and oxygen atoms in total. The molecule has 2 heteroatoms. The topological polar surface area (TPSA) is 38.0 Å². The summed E-state index contributed by atoms with van der Waals surface area (Å²) < 4.78 is 0. The van der Waals surface area contributed by atoms with Gasteiger partial charge in [0.05, 0.1) is 0 Å². The molecule has 3 N–H and O–H groups in total. The van der Waals surface area contributed by atoms with Crippen molar-refractivity contribution < 1.29 is 0 Å². The summed E-state index contributed by atoms with van der Waals surface area (Å²) in [6, 6.07) is 0.571. The fraction of sp³-hybridized carbons (Fsp3) is 1.00. The second-order valence-corrected chi connectivity index (χ2v) is 5.82. The van der Waals surface area contributed by atoms with Gasteiger partial charge in [0.1, 0.15) is 0 Å². The highest BCUT2D eigenvalue weighted by Crippen LogP contribution is 2.34. The fourth-order valence-corrected chi connectivity index (χ4v) is 3.31. The summed E-state index contributed by atoms with van der Waals surface area (Å²) in [5, 5.41) is 0. The van der Waals surface area contributed by atoms with Crippen LogP contribution in [0.3, 0.4) is 0 Å². The van der Waals surface area contributed by atoms with E-state index in [-0.39, 0.29) is 0 Å². The number of hydrogen-bond acceptors (Lipinski definition) is 2. The molecule has 0 amide bonds. The van der Waals surface area contributed by atoms with Crippen LogP contribution >= 0.6 is 0 Å². The molecule has 1 aliphatic carbocycles. The van der Waals surface area contributed by atoms with E-state index in [1.807, 2.05) is 0 Å². The Morgan fingerprint density at radius 1 is 1.18 bits per heavy atom. The van der Waals surface area contributed by atoms with Gasteiger partial charge in [0, 0.05) is 6.04 Å². The molecule has 0 aromatic heterocycles. The van der Waals surface area contributed by atoms with Crippen molar-refractivity contribution in [1.82, 2.24) is 5.43 Å². The Morgan fingerprint density at radius 3 is 2.65 bits per heavy atom. The van der Waals surface area contributed by atoms with E-state index in [0.717, 1.165) is 11.8 Å². The maximum atomic E-state index is 5.76. The predicted molar refractivity (Wildman–Crippen MR) is 75.6 cm³/mol. The first-order valence-electron chi connectivity index (χ1n) is 7.77. The van der Waals surface area contributed by atoms with Gasteiger partial charge in [0.2, 0.25) is 0 Å². The normalized spacial score (nSPS) is 27.0. The molecule has 0 aliphatic heterocycles. The Morgan fingerprint density at radius 2 is 2.00 bits per heavy atom. The zero-order chi connectivity index (χ0) is 12.5. The fourth-order valence-electron chi connectivity index (χ4n) is 3.31. The van der Waals surface area contributed by atoms with Gasteiger partial charge < -0.3 is 0 Å². The van der Waals surface area contributed by atoms with Crippen molar-refractivity contribution in [2.75, 3.05) is 0 Å². The molecule has 3 unspecified atom stereocenters. The van der Waals surface area contributed by atoms with Gasteiger partial charge in [-0.1, -0.05) is 58.8 Å². The number of rotatable bonds is 8. The van der Waals surface area contributed by atoms with Crippen molar-refractivity contribution >= 4 is 0 Å². The Kier molecular flexibility index (Phi) is 7.87. The van der Waals surface area contributed by atoms with Crippen molar-refractivity contribution in [1.29, 1.82) is 0 Å². The lowest BCUT2D eigenvalue weighted by Crippen LogP contribution is -2.42. The molecule has 17 heavy (non-hydrogen) atoms. The van der Waals surface area contributed by atoms with Crippen LogP contribution in [-0.2, 0) is 0 Å². The first-order chi connectivity index (χ1) is 8.31. The van der Waals surface area contributed by atoms with Crippen LogP contribution in [0.1, 0.15) is 78.1 Å². The molecule has 0 aromatic carbocycles. The second kappa shape index (κ2) is 8.93. The van der Waals surface area contributed by atoms with Crippen LogP contribution < -0.4 is 11.3 Å². The van der Waals surface area contributed by atoms with Crippen LogP contribution in [0.4, 0.5) is 0 Å². The third kappa shape index (κ3) is 5.39. The molecule has 3 atom stereocenters. The SMILES string of the molecule is CCCCCCC(NN)C1CCCC(CC)C1. The molecule has 0 bridgehead atoms. The van der Waals surface area contributed by atoms with Gasteiger partial charge in [-0.25, -0.2) is 0 Å². The van der Waals surface area contributed by atoms with E-state index in [2.05, 4.69) is 19.3 Å². The number of nitrogens with one attached hydrogen (secondary N) is 1. The van der Waals surface area contributed by atoms with Crippen molar-refractivity contribution in [3.8, 4) is 0 Å². The third-order valence-corrected chi connectivity index (χ3v) is 4.55. The molecule has 1 rings (SSSR count). The van der Waals surface area contributed by atoms with E-state index in [1.165, 1.54) is 64.2 Å². The van der Waals surface area contributed by atoms with Crippen LogP contribution in [0.2, 0.25) is 0 Å². The molecule has 1 fully saturated rings. The van der Waals surface area contributed by atoms with E-state index in [4.69, 9.17) is 5.84 Å². The minimum Gasteiger partial charge on any atom is -0.271 e. The molecule has 0 radical (unpaired) electrons. The molecule has 0 saturated heterocycles. The molecule has 1 saturated carbocycles.